The minimum absolute atomic E-state index is 0.0429. The number of nitrogens with zero attached hydrogens (tertiary/aromatic N) is 7. The zero-order valence-corrected chi connectivity index (χ0v) is 23.2. The first-order valence-electron chi connectivity index (χ1n) is 12.7. The van der Waals surface area contributed by atoms with Crippen LogP contribution in [0.3, 0.4) is 0 Å². The average molecular weight is 569 g/mol. The number of para-hydroxylation sites is 1. The fraction of sp³-hybridized carbons (Fsp3) is 0.333. The first-order chi connectivity index (χ1) is 18.7. The molecule has 0 radical (unpaired) electrons. The highest BCUT2D eigenvalue weighted by Gasteiger charge is 2.41. The molecule has 3 aliphatic rings. The molecule has 3 aliphatic heterocycles. The van der Waals surface area contributed by atoms with Gasteiger partial charge in [0.25, 0.3) is 5.91 Å². The summed E-state index contributed by atoms with van der Waals surface area (Å²) in [5.41, 5.74) is 1.88. The summed E-state index contributed by atoms with van der Waals surface area (Å²) in [6.07, 6.45) is 1.43. The average Bonchev–Trinajstić information content (AvgIpc) is 3.39. The van der Waals surface area contributed by atoms with Crippen molar-refractivity contribution in [2.24, 2.45) is 4.99 Å². The van der Waals surface area contributed by atoms with Crippen LogP contribution in [0.25, 0.3) is 0 Å². The van der Waals surface area contributed by atoms with Gasteiger partial charge in [-0.2, -0.15) is 4.98 Å². The number of carbonyl (C=O) groups is 1. The van der Waals surface area contributed by atoms with Crippen LogP contribution in [0.15, 0.2) is 47.6 Å². The Kier molecular flexibility index (Phi) is 6.57. The number of rotatable bonds is 4. The second-order valence-electron chi connectivity index (χ2n) is 10.0. The second-order valence-corrected chi connectivity index (χ2v) is 10.8. The number of nitrogens with one attached hydrogen (secondary N) is 1. The van der Waals surface area contributed by atoms with E-state index in [9.17, 15) is 9.18 Å². The number of hydrogen-bond acceptors (Lipinski definition) is 8. The van der Waals surface area contributed by atoms with Crippen molar-refractivity contribution in [3.63, 3.8) is 0 Å². The molecule has 9 nitrogen and oxygen atoms in total. The Morgan fingerprint density at radius 1 is 1.08 bits per heavy atom. The molecule has 1 N–H and O–H groups in total. The van der Waals surface area contributed by atoms with Gasteiger partial charge in [0.1, 0.15) is 17.1 Å². The number of fused-ring (bicyclic) bond motifs is 3. The normalized spacial score (nSPS) is 21.1. The van der Waals surface area contributed by atoms with Gasteiger partial charge in [0.2, 0.25) is 11.9 Å². The SMILES string of the molecule is C[C@@H]1CN(c2ccc(Nc3ncc4c(n3)N3CCN=C3N(c3c(F)cccc3Cl)C4=O)c(Cl)c2)C[C@H](C)N1C. The van der Waals surface area contributed by atoms with Gasteiger partial charge in [-0.15, -0.1) is 0 Å². The Labute approximate surface area is 235 Å². The zero-order valence-electron chi connectivity index (χ0n) is 21.7. The lowest BCUT2D eigenvalue weighted by molar-refractivity contribution is 0.0999. The summed E-state index contributed by atoms with van der Waals surface area (Å²) in [7, 11) is 2.16. The molecular weight excluding hydrogens is 542 g/mol. The quantitative estimate of drug-likeness (QED) is 0.472. The van der Waals surface area contributed by atoms with Crippen LogP contribution < -0.4 is 20.0 Å². The molecule has 1 aromatic heterocycles. The van der Waals surface area contributed by atoms with Crippen molar-refractivity contribution in [3.05, 3.63) is 64.0 Å². The Hall–Kier alpha value is -3.47. The molecule has 0 spiro atoms. The summed E-state index contributed by atoms with van der Waals surface area (Å²) in [6, 6.07) is 11.0. The molecule has 4 heterocycles. The van der Waals surface area contributed by atoms with Gasteiger partial charge in [-0.3, -0.25) is 19.6 Å². The van der Waals surface area contributed by atoms with Gasteiger partial charge in [-0.05, 0) is 51.2 Å². The lowest BCUT2D eigenvalue weighted by Gasteiger charge is -2.43. The molecule has 0 saturated carbocycles. The van der Waals surface area contributed by atoms with E-state index in [4.69, 9.17) is 23.2 Å². The Bertz CT molecular complexity index is 1470. The maximum absolute atomic E-state index is 14.8. The number of hydrogen-bond donors (Lipinski definition) is 1. The van der Waals surface area contributed by atoms with Crippen LogP contribution in [0.5, 0.6) is 0 Å². The predicted octanol–water partition coefficient (Wildman–Crippen LogP) is 5.03. The van der Waals surface area contributed by atoms with Gasteiger partial charge in [0.15, 0.2) is 5.82 Å². The number of aliphatic imine (C=N–C) groups is 1. The Morgan fingerprint density at radius 2 is 1.85 bits per heavy atom. The summed E-state index contributed by atoms with van der Waals surface area (Å²) in [4.78, 5) is 34.6. The van der Waals surface area contributed by atoms with Crippen LogP contribution in [0.1, 0.15) is 24.2 Å². The van der Waals surface area contributed by atoms with E-state index in [1.807, 2.05) is 18.2 Å². The molecular formula is C27H27Cl2FN8O. The van der Waals surface area contributed by atoms with Gasteiger partial charge in [-0.1, -0.05) is 29.3 Å². The number of piperazine rings is 1. The van der Waals surface area contributed by atoms with E-state index >= 15 is 0 Å². The Balaban J connectivity index is 1.28. The van der Waals surface area contributed by atoms with E-state index in [1.54, 1.807) is 4.90 Å². The maximum Gasteiger partial charge on any atom is 0.270 e. The monoisotopic (exact) mass is 568 g/mol. The van der Waals surface area contributed by atoms with Crippen molar-refractivity contribution >= 4 is 63.9 Å². The highest BCUT2D eigenvalue weighted by atomic mass is 35.5. The number of amides is 1. The molecule has 2 aromatic carbocycles. The maximum atomic E-state index is 14.8. The fourth-order valence-electron chi connectivity index (χ4n) is 5.27. The van der Waals surface area contributed by atoms with Gasteiger partial charge in [0.05, 0.1) is 22.3 Å². The van der Waals surface area contributed by atoms with Crippen molar-refractivity contribution in [3.8, 4) is 0 Å². The third kappa shape index (κ3) is 4.46. The number of carbonyl (C=O) groups excluding carboxylic acids is 1. The fourth-order valence-corrected chi connectivity index (χ4v) is 5.74. The van der Waals surface area contributed by atoms with Gasteiger partial charge in [0, 0.05) is 43.6 Å². The van der Waals surface area contributed by atoms with Crippen LogP contribution in [0.2, 0.25) is 10.0 Å². The number of aromatic nitrogens is 2. The third-order valence-electron chi connectivity index (χ3n) is 7.56. The van der Waals surface area contributed by atoms with Crippen molar-refractivity contribution in [2.45, 2.75) is 25.9 Å². The topological polar surface area (TPSA) is 80.2 Å². The van der Waals surface area contributed by atoms with E-state index in [2.05, 4.69) is 51.0 Å². The molecule has 39 heavy (non-hydrogen) atoms. The van der Waals surface area contributed by atoms with Crippen LogP contribution >= 0.6 is 23.2 Å². The summed E-state index contributed by atoms with van der Waals surface area (Å²) >= 11 is 13.0. The molecule has 1 amide bonds. The summed E-state index contributed by atoms with van der Waals surface area (Å²) in [6.45, 7) is 7.18. The molecule has 0 aliphatic carbocycles. The molecule has 202 valence electrons. The smallest absolute Gasteiger partial charge is 0.270 e. The van der Waals surface area contributed by atoms with Crippen molar-refractivity contribution in [1.29, 1.82) is 0 Å². The number of likely N-dealkylation sites (N-methyl/N-ethyl adjacent to an activating group) is 1. The van der Waals surface area contributed by atoms with Gasteiger partial charge in [-0.25, -0.2) is 14.3 Å². The molecule has 0 bridgehead atoms. The minimum atomic E-state index is -0.619. The lowest BCUT2D eigenvalue weighted by atomic mass is 10.1. The summed E-state index contributed by atoms with van der Waals surface area (Å²) < 4.78 is 14.8. The van der Waals surface area contributed by atoms with E-state index in [1.165, 1.54) is 29.3 Å². The number of anilines is 5. The van der Waals surface area contributed by atoms with E-state index < -0.39 is 11.7 Å². The third-order valence-corrected chi connectivity index (χ3v) is 8.18. The van der Waals surface area contributed by atoms with Crippen molar-refractivity contribution in [2.75, 3.05) is 53.2 Å². The first-order valence-corrected chi connectivity index (χ1v) is 13.5. The standard InChI is InChI=1S/C27H27Cl2FN8O/c1-15-13-36(14-16(2)35(15)3)17-7-8-22(20(29)11-17)33-26-32-12-18-24(34-26)37-10-9-31-27(37)38(25(18)39)23-19(28)5-4-6-21(23)30/h4-8,11-12,15-16H,9-10,13-14H2,1-3H3,(H,32,33,34)/t15-,16+. The molecule has 2 atom stereocenters. The van der Waals surface area contributed by atoms with E-state index in [-0.39, 0.29) is 28.2 Å². The molecule has 1 saturated heterocycles. The van der Waals surface area contributed by atoms with Gasteiger partial charge < -0.3 is 10.2 Å². The molecule has 6 rings (SSSR count). The Morgan fingerprint density at radius 3 is 2.56 bits per heavy atom. The molecule has 3 aromatic rings. The van der Waals surface area contributed by atoms with Crippen LogP contribution in [0, 0.1) is 5.82 Å². The predicted molar refractivity (Wildman–Crippen MR) is 154 cm³/mol. The lowest BCUT2D eigenvalue weighted by Crippen LogP contribution is -2.55. The summed E-state index contributed by atoms with van der Waals surface area (Å²) in [5, 5.41) is 3.82. The van der Waals surface area contributed by atoms with Crippen molar-refractivity contribution in [1.82, 2.24) is 14.9 Å². The van der Waals surface area contributed by atoms with Crippen molar-refractivity contribution < 1.29 is 9.18 Å². The first kappa shape index (κ1) is 25.8. The van der Waals surface area contributed by atoms with Gasteiger partial charge >= 0.3 is 0 Å². The second kappa shape index (κ2) is 9.93. The molecule has 12 heteroatoms. The molecule has 0 unspecified atom stereocenters. The molecule has 1 fully saturated rings. The number of halogens is 3. The number of benzene rings is 2. The highest BCUT2D eigenvalue weighted by molar-refractivity contribution is 6.38. The summed E-state index contributed by atoms with van der Waals surface area (Å²) in [5.74, 6) is -0.167. The zero-order chi connectivity index (χ0) is 27.4. The van der Waals surface area contributed by atoms with E-state index in [0.29, 0.717) is 41.7 Å². The van der Waals surface area contributed by atoms with E-state index in [0.717, 1.165) is 18.8 Å². The largest absolute Gasteiger partial charge is 0.368 e. The minimum Gasteiger partial charge on any atom is -0.368 e. The van der Waals surface area contributed by atoms with Crippen LogP contribution in [-0.2, 0) is 0 Å². The van der Waals surface area contributed by atoms with Crippen LogP contribution in [-0.4, -0.2) is 72.0 Å². The number of guanidine groups is 1. The highest BCUT2D eigenvalue weighted by Crippen LogP contribution is 2.38. The van der Waals surface area contributed by atoms with Crippen LogP contribution in [0.4, 0.5) is 33.2 Å².